The zero-order valence-corrected chi connectivity index (χ0v) is 14.8. The number of halogens is 3. The van der Waals surface area contributed by atoms with Gasteiger partial charge in [-0.25, -0.2) is 14.8 Å². The second kappa shape index (κ2) is 8.03. The van der Waals surface area contributed by atoms with Gasteiger partial charge in [-0.1, -0.05) is 6.07 Å². The van der Waals surface area contributed by atoms with E-state index in [4.69, 9.17) is 0 Å². The van der Waals surface area contributed by atoms with Crippen molar-refractivity contribution < 1.29 is 18.0 Å². The molecule has 0 aliphatic heterocycles. The van der Waals surface area contributed by atoms with Crippen LogP contribution in [0.1, 0.15) is 40.5 Å². The van der Waals surface area contributed by atoms with Gasteiger partial charge in [-0.3, -0.25) is 0 Å². The third-order valence-corrected chi connectivity index (χ3v) is 5.01. The highest BCUT2D eigenvalue weighted by Crippen LogP contribution is 2.34. The average Bonchev–Trinajstić information content (AvgIpc) is 3.12. The summed E-state index contributed by atoms with van der Waals surface area (Å²) in [6.07, 6.45) is -1.85. The lowest BCUT2D eigenvalue weighted by molar-refractivity contribution is -0.142. The first-order valence-corrected chi connectivity index (χ1v) is 9.31. The second-order valence-electron chi connectivity index (χ2n) is 6.06. The number of rotatable bonds is 5. The largest absolute Gasteiger partial charge is 0.433 e. The van der Waals surface area contributed by atoms with Crippen LogP contribution in [-0.2, 0) is 32.0 Å². The van der Waals surface area contributed by atoms with E-state index in [1.807, 2.05) is 17.5 Å². The van der Waals surface area contributed by atoms with Crippen molar-refractivity contribution in [1.82, 2.24) is 20.6 Å². The fourth-order valence-corrected chi connectivity index (χ4v) is 3.57. The molecule has 0 saturated heterocycles. The van der Waals surface area contributed by atoms with E-state index in [1.165, 1.54) is 11.3 Å². The number of fused-ring (bicyclic) bond motifs is 1. The molecule has 3 rings (SSSR count). The minimum Gasteiger partial charge on any atom is -0.338 e. The first-order valence-electron chi connectivity index (χ1n) is 8.43. The van der Waals surface area contributed by atoms with Gasteiger partial charge in [-0.15, -0.1) is 11.3 Å². The van der Waals surface area contributed by atoms with Crippen LogP contribution < -0.4 is 10.6 Å². The maximum absolute atomic E-state index is 13.3. The molecule has 2 N–H and O–H groups in total. The predicted molar refractivity (Wildman–Crippen MR) is 91.9 cm³/mol. The zero-order valence-electron chi connectivity index (χ0n) is 14.0. The number of carbonyl (C=O) groups is 1. The van der Waals surface area contributed by atoms with Gasteiger partial charge in [-0.05, 0) is 37.1 Å². The van der Waals surface area contributed by atoms with Crippen molar-refractivity contribution in [2.24, 2.45) is 0 Å². The molecule has 0 bridgehead atoms. The lowest BCUT2D eigenvalue weighted by Crippen LogP contribution is -2.36. The summed E-state index contributed by atoms with van der Waals surface area (Å²) < 4.78 is 39.8. The molecule has 26 heavy (non-hydrogen) atoms. The summed E-state index contributed by atoms with van der Waals surface area (Å²) in [5, 5.41) is 7.24. The summed E-state index contributed by atoms with van der Waals surface area (Å²) >= 11 is 1.53. The standard InChI is InChI=1S/C17H19F3N4OS/c18-17(19,20)15-12-5-1-2-6-13(12)23-14(24-15)7-8-21-16(25)22-10-11-4-3-9-26-11/h3-4,9H,1-2,5-8,10H2,(H2,21,22,25). The molecule has 5 nitrogen and oxygen atoms in total. The van der Waals surface area contributed by atoms with Crippen LogP contribution in [0.4, 0.5) is 18.0 Å². The van der Waals surface area contributed by atoms with Gasteiger partial charge < -0.3 is 10.6 Å². The molecule has 2 amide bonds. The lowest BCUT2D eigenvalue weighted by Gasteiger charge is -2.20. The van der Waals surface area contributed by atoms with Crippen LogP contribution >= 0.6 is 11.3 Å². The monoisotopic (exact) mass is 384 g/mol. The van der Waals surface area contributed by atoms with E-state index in [9.17, 15) is 18.0 Å². The number of aromatic nitrogens is 2. The molecule has 0 atom stereocenters. The molecule has 0 unspecified atom stereocenters. The number of hydrogen-bond donors (Lipinski definition) is 2. The van der Waals surface area contributed by atoms with E-state index < -0.39 is 11.9 Å². The Morgan fingerprint density at radius 3 is 2.73 bits per heavy atom. The Bertz CT molecular complexity index is 762. The Labute approximate surface area is 153 Å². The smallest absolute Gasteiger partial charge is 0.338 e. The molecule has 0 saturated carbocycles. The van der Waals surface area contributed by atoms with Gasteiger partial charge in [-0.2, -0.15) is 13.2 Å². The van der Waals surface area contributed by atoms with Crippen molar-refractivity contribution in [2.45, 2.75) is 44.8 Å². The number of urea groups is 1. The van der Waals surface area contributed by atoms with Crippen molar-refractivity contribution in [3.05, 3.63) is 45.2 Å². The summed E-state index contributed by atoms with van der Waals surface area (Å²) in [7, 11) is 0. The van der Waals surface area contributed by atoms with Gasteiger partial charge >= 0.3 is 12.2 Å². The first kappa shape index (κ1) is 18.6. The van der Waals surface area contributed by atoms with E-state index in [-0.39, 0.29) is 30.4 Å². The highest BCUT2D eigenvalue weighted by molar-refractivity contribution is 7.09. The van der Waals surface area contributed by atoms with Gasteiger partial charge in [0.1, 0.15) is 5.82 Å². The molecule has 0 fully saturated rings. The fourth-order valence-electron chi connectivity index (χ4n) is 2.92. The molecule has 0 radical (unpaired) electrons. The van der Waals surface area contributed by atoms with Crippen LogP contribution in [0.25, 0.3) is 0 Å². The van der Waals surface area contributed by atoms with Crippen LogP contribution in [-0.4, -0.2) is 22.5 Å². The molecular formula is C17H19F3N4OS. The average molecular weight is 384 g/mol. The van der Waals surface area contributed by atoms with Crippen LogP contribution in [0.5, 0.6) is 0 Å². The number of alkyl halides is 3. The Morgan fingerprint density at radius 2 is 2.00 bits per heavy atom. The molecule has 2 heterocycles. The maximum Gasteiger partial charge on any atom is 0.433 e. The van der Waals surface area contributed by atoms with E-state index in [1.54, 1.807) is 0 Å². The number of amides is 2. The molecule has 1 aliphatic rings. The van der Waals surface area contributed by atoms with Crippen LogP contribution in [0, 0.1) is 0 Å². The van der Waals surface area contributed by atoms with Crippen molar-refractivity contribution in [2.75, 3.05) is 6.54 Å². The highest BCUT2D eigenvalue weighted by Gasteiger charge is 2.37. The number of nitrogens with zero attached hydrogens (tertiary/aromatic N) is 2. The van der Waals surface area contributed by atoms with Gasteiger partial charge in [0, 0.05) is 29.1 Å². The third kappa shape index (κ3) is 4.72. The minimum atomic E-state index is -4.48. The van der Waals surface area contributed by atoms with Crippen LogP contribution in [0.3, 0.4) is 0 Å². The van der Waals surface area contributed by atoms with Crippen molar-refractivity contribution >= 4 is 17.4 Å². The molecule has 2 aromatic rings. The first-order chi connectivity index (χ1) is 12.4. The highest BCUT2D eigenvalue weighted by atomic mass is 32.1. The van der Waals surface area contributed by atoms with E-state index in [2.05, 4.69) is 20.6 Å². The SMILES string of the molecule is O=C(NCCc1nc2c(c(C(F)(F)F)n1)CCCC2)NCc1cccs1. The Balaban J connectivity index is 1.58. The predicted octanol–water partition coefficient (Wildman–Crippen LogP) is 3.48. The van der Waals surface area contributed by atoms with E-state index in [0.29, 0.717) is 25.1 Å². The van der Waals surface area contributed by atoms with Gasteiger partial charge in [0.15, 0.2) is 5.69 Å². The normalized spacial score (nSPS) is 14.0. The lowest BCUT2D eigenvalue weighted by atomic mass is 9.94. The minimum absolute atomic E-state index is 0.122. The van der Waals surface area contributed by atoms with Gasteiger partial charge in [0.25, 0.3) is 0 Å². The topological polar surface area (TPSA) is 66.9 Å². The molecule has 0 aromatic carbocycles. The van der Waals surface area contributed by atoms with Crippen molar-refractivity contribution in [3.8, 4) is 0 Å². The number of carbonyl (C=O) groups excluding carboxylic acids is 1. The third-order valence-electron chi connectivity index (χ3n) is 4.14. The Hall–Kier alpha value is -2.16. The van der Waals surface area contributed by atoms with Crippen molar-refractivity contribution in [1.29, 1.82) is 0 Å². The Morgan fingerprint density at radius 1 is 1.19 bits per heavy atom. The number of thiophene rings is 1. The number of nitrogens with one attached hydrogen (secondary N) is 2. The van der Waals surface area contributed by atoms with Gasteiger partial charge in [0.2, 0.25) is 0 Å². The van der Waals surface area contributed by atoms with E-state index in [0.717, 1.165) is 17.7 Å². The van der Waals surface area contributed by atoms with Crippen molar-refractivity contribution in [3.63, 3.8) is 0 Å². The van der Waals surface area contributed by atoms with Crippen LogP contribution in [0.15, 0.2) is 17.5 Å². The molecule has 1 aliphatic carbocycles. The molecule has 0 spiro atoms. The van der Waals surface area contributed by atoms with E-state index >= 15 is 0 Å². The number of aryl methyl sites for hydroxylation is 1. The molecule has 2 aromatic heterocycles. The summed E-state index contributed by atoms with van der Waals surface area (Å²) in [6, 6.07) is 3.43. The summed E-state index contributed by atoms with van der Waals surface area (Å²) in [5.74, 6) is 0.122. The zero-order chi connectivity index (χ0) is 18.6. The number of hydrogen-bond acceptors (Lipinski definition) is 4. The molecule has 140 valence electrons. The van der Waals surface area contributed by atoms with Gasteiger partial charge in [0.05, 0.1) is 6.54 Å². The molecule has 9 heteroatoms. The summed E-state index contributed by atoms with van der Waals surface area (Å²) in [4.78, 5) is 20.8. The summed E-state index contributed by atoms with van der Waals surface area (Å²) in [5.41, 5.74) is -0.0933. The second-order valence-corrected chi connectivity index (χ2v) is 7.09. The maximum atomic E-state index is 13.3. The fraction of sp³-hybridized carbons (Fsp3) is 0.471. The van der Waals surface area contributed by atoms with Crippen LogP contribution in [0.2, 0.25) is 0 Å². The molecular weight excluding hydrogens is 365 g/mol. The summed E-state index contributed by atoms with van der Waals surface area (Å²) in [6.45, 7) is 0.587. The quantitative estimate of drug-likeness (QED) is 0.829. The Kier molecular flexibility index (Phi) is 5.75.